The van der Waals surface area contributed by atoms with E-state index in [2.05, 4.69) is 5.32 Å². The maximum atomic E-state index is 13.7. The van der Waals surface area contributed by atoms with Gasteiger partial charge in [-0.2, -0.15) is 0 Å². The van der Waals surface area contributed by atoms with Crippen molar-refractivity contribution in [1.82, 2.24) is 4.90 Å². The first kappa shape index (κ1) is 14.1. The minimum Gasteiger partial charge on any atom is -0.497 e. The minimum atomic E-state index is -0.470. The Balaban J connectivity index is 1.67. The fraction of sp³-hybridized carbons (Fsp3) is 0.533. The molecule has 2 aliphatic rings. The van der Waals surface area contributed by atoms with Crippen LogP contribution in [0.15, 0.2) is 18.2 Å². The van der Waals surface area contributed by atoms with Crippen molar-refractivity contribution < 1.29 is 18.7 Å². The second-order valence-electron chi connectivity index (χ2n) is 5.75. The molecule has 2 fully saturated rings. The van der Waals surface area contributed by atoms with Crippen molar-refractivity contribution in [2.24, 2.45) is 5.41 Å². The molecule has 1 spiro atoms. The summed E-state index contributed by atoms with van der Waals surface area (Å²) >= 11 is 0. The minimum absolute atomic E-state index is 0.101. The first-order valence-electron chi connectivity index (χ1n) is 7.09. The van der Waals surface area contributed by atoms with Crippen LogP contribution in [0.4, 0.5) is 14.9 Å². The van der Waals surface area contributed by atoms with E-state index in [0.29, 0.717) is 25.4 Å². The molecule has 0 aliphatic carbocycles. The van der Waals surface area contributed by atoms with Gasteiger partial charge in [-0.3, -0.25) is 0 Å². The van der Waals surface area contributed by atoms with Crippen LogP contribution in [0.1, 0.15) is 12.8 Å². The number of amides is 2. The lowest BCUT2D eigenvalue weighted by Gasteiger charge is -2.22. The number of nitrogens with one attached hydrogen (secondary N) is 1. The van der Waals surface area contributed by atoms with Crippen LogP contribution >= 0.6 is 0 Å². The highest BCUT2D eigenvalue weighted by Crippen LogP contribution is 2.38. The maximum Gasteiger partial charge on any atom is 0.321 e. The summed E-state index contributed by atoms with van der Waals surface area (Å²) in [5, 5.41) is 2.62. The number of halogens is 1. The molecule has 1 N–H and O–H groups in total. The number of ether oxygens (including phenoxy) is 2. The number of hydrogen-bond donors (Lipinski definition) is 1. The summed E-state index contributed by atoms with van der Waals surface area (Å²) in [6.45, 7) is 2.83. The van der Waals surface area contributed by atoms with E-state index in [9.17, 15) is 9.18 Å². The Morgan fingerprint density at radius 1 is 1.48 bits per heavy atom. The molecule has 0 aromatic heterocycles. The van der Waals surface area contributed by atoms with Gasteiger partial charge >= 0.3 is 6.03 Å². The lowest BCUT2D eigenvalue weighted by Crippen LogP contribution is -2.35. The highest BCUT2D eigenvalue weighted by molar-refractivity contribution is 5.90. The smallest absolute Gasteiger partial charge is 0.321 e. The first-order chi connectivity index (χ1) is 10.1. The number of hydrogen-bond acceptors (Lipinski definition) is 3. The van der Waals surface area contributed by atoms with Crippen LogP contribution in [0, 0.1) is 11.2 Å². The molecule has 2 amide bonds. The molecule has 3 rings (SSSR count). The topological polar surface area (TPSA) is 50.8 Å². The molecule has 0 radical (unpaired) electrons. The third-order valence-electron chi connectivity index (χ3n) is 4.33. The number of anilines is 1. The first-order valence-corrected chi connectivity index (χ1v) is 7.09. The Bertz CT molecular complexity index is 544. The second-order valence-corrected chi connectivity index (χ2v) is 5.75. The monoisotopic (exact) mass is 294 g/mol. The molecule has 2 saturated heterocycles. The molecule has 1 unspecified atom stereocenters. The quantitative estimate of drug-likeness (QED) is 0.911. The van der Waals surface area contributed by atoms with Gasteiger partial charge in [0.25, 0.3) is 0 Å². The fourth-order valence-corrected chi connectivity index (χ4v) is 3.00. The van der Waals surface area contributed by atoms with Crippen LogP contribution in [0.3, 0.4) is 0 Å². The van der Waals surface area contributed by atoms with Crippen LogP contribution in [-0.2, 0) is 4.74 Å². The van der Waals surface area contributed by atoms with E-state index in [4.69, 9.17) is 9.47 Å². The van der Waals surface area contributed by atoms with Crippen molar-refractivity contribution in [2.45, 2.75) is 12.8 Å². The largest absolute Gasteiger partial charge is 0.497 e. The Labute approximate surface area is 123 Å². The summed E-state index contributed by atoms with van der Waals surface area (Å²) in [5.41, 5.74) is 0.243. The number of methoxy groups -OCH3 is 1. The molecule has 1 aromatic rings. The Morgan fingerprint density at radius 3 is 3.05 bits per heavy atom. The van der Waals surface area contributed by atoms with E-state index in [-0.39, 0.29) is 17.1 Å². The van der Waals surface area contributed by atoms with E-state index >= 15 is 0 Å². The third kappa shape index (κ3) is 2.81. The van der Waals surface area contributed by atoms with Crippen LogP contribution in [0.25, 0.3) is 0 Å². The van der Waals surface area contributed by atoms with Crippen LogP contribution in [0.2, 0.25) is 0 Å². The molecule has 2 aliphatic heterocycles. The van der Waals surface area contributed by atoms with Gasteiger partial charge < -0.3 is 19.7 Å². The Hall–Kier alpha value is -1.82. The second kappa shape index (κ2) is 5.52. The summed E-state index contributed by atoms with van der Waals surface area (Å²) in [4.78, 5) is 14.0. The van der Waals surface area contributed by atoms with Crippen LogP contribution in [0.5, 0.6) is 5.75 Å². The molecule has 2 heterocycles. The van der Waals surface area contributed by atoms with E-state index in [1.165, 1.54) is 25.3 Å². The van der Waals surface area contributed by atoms with Gasteiger partial charge in [0, 0.05) is 31.2 Å². The zero-order valence-corrected chi connectivity index (χ0v) is 12.0. The van der Waals surface area contributed by atoms with Crippen molar-refractivity contribution in [1.29, 1.82) is 0 Å². The van der Waals surface area contributed by atoms with Gasteiger partial charge in [0.15, 0.2) is 0 Å². The maximum absolute atomic E-state index is 13.7. The van der Waals surface area contributed by atoms with E-state index < -0.39 is 5.82 Å². The average Bonchev–Trinajstić information content (AvgIpc) is 3.12. The Kier molecular flexibility index (Phi) is 3.71. The van der Waals surface area contributed by atoms with E-state index in [0.717, 1.165) is 19.4 Å². The number of likely N-dealkylation sites (tertiary alicyclic amines) is 1. The number of benzene rings is 1. The molecule has 6 heteroatoms. The molecular formula is C15H19FN2O3. The summed E-state index contributed by atoms with van der Waals surface area (Å²) in [6.07, 6.45) is 1.94. The molecule has 114 valence electrons. The molecule has 5 nitrogen and oxygen atoms in total. The number of rotatable bonds is 2. The van der Waals surface area contributed by atoms with Gasteiger partial charge in [0.05, 0.1) is 19.4 Å². The lowest BCUT2D eigenvalue weighted by molar-refractivity contribution is 0.154. The molecular weight excluding hydrogens is 275 g/mol. The summed E-state index contributed by atoms with van der Waals surface area (Å²) in [6, 6.07) is 4.01. The van der Waals surface area contributed by atoms with Crippen LogP contribution < -0.4 is 10.1 Å². The van der Waals surface area contributed by atoms with Crippen molar-refractivity contribution in [3.05, 3.63) is 24.0 Å². The average molecular weight is 294 g/mol. The fourth-order valence-electron chi connectivity index (χ4n) is 3.00. The number of nitrogens with zero attached hydrogens (tertiary/aromatic N) is 1. The standard InChI is InChI=1S/C15H19FN2O3/c1-20-11-2-3-12(16)13(8-11)17-14(19)18-6-4-15(9-18)5-7-21-10-15/h2-3,8H,4-7,9-10H2,1H3,(H,17,19). The molecule has 0 bridgehead atoms. The number of urea groups is 1. The molecule has 21 heavy (non-hydrogen) atoms. The SMILES string of the molecule is COc1ccc(F)c(NC(=O)N2CCC3(CCOC3)C2)c1. The summed E-state index contributed by atoms with van der Waals surface area (Å²) in [7, 11) is 1.50. The predicted octanol–water partition coefficient (Wildman–Crippen LogP) is 2.48. The van der Waals surface area contributed by atoms with Crippen molar-refractivity contribution >= 4 is 11.7 Å². The molecule has 0 saturated carbocycles. The van der Waals surface area contributed by atoms with Gasteiger partial charge in [-0.1, -0.05) is 0 Å². The third-order valence-corrected chi connectivity index (χ3v) is 4.33. The van der Waals surface area contributed by atoms with Crippen molar-refractivity contribution in [2.75, 3.05) is 38.7 Å². The summed E-state index contributed by atoms with van der Waals surface area (Å²) in [5.74, 6) is 0.0380. The van der Waals surface area contributed by atoms with Gasteiger partial charge in [0.1, 0.15) is 11.6 Å². The Morgan fingerprint density at radius 2 is 2.33 bits per heavy atom. The molecule has 1 atom stereocenters. The van der Waals surface area contributed by atoms with Gasteiger partial charge in [-0.15, -0.1) is 0 Å². The van der Waals surface area contributed by atoms with Gasteiger partial charge in [-0.05, 0) is 25.0 Å². The summed E-state index contributed by atoms with van der Waals surface area (Å²) < 4.78 is 24.2. The normalized spacial score (nSPS) is 24.6. The highest BCUT2D eigenvalue weighted by Gasteiger charge is 2.42. The van der Waals surface area contributed by atoms with Crippen molar-refractivity contribution in [3.63, 3.8) is 0 Å². The predicted molar refractivity (Wildman–Crippen MR) is 76.0 cm³/mol. The van der Waals surface area contributed by atoms with Crippen molar-refractivity contribution in [3.8, 4) is 5.75 Å². The van der Waals surface area contributed by atoms with E-state index in [1.54, 1.807) is 4.90 Å². The van der Waals surface area contributed by atoms with Gasteiger partial charge in [-0.25, -0.2) is 9.18 Å². The van der Waals surface area contributed by atoms with Gasteiger partial charge in [0.2, 0.25) is 0 Å². The zero-order chi connectivity index (χ0) is 14.9. The van der Waals surface area contributed by atoms with E-state index in [1.807, 2.05) is 0 Å². The molecule has 1 aromatic carbocycles. The number of carbonyl (C=O) groups is 1. The number of carbonyl (C=O) groups excluding carboxylic acids is 1. The zero-order valence-electron chi connectivity index (χ0n) is 12.0. The highest BCUT2D eigenvalue weighted by atomic mass is 19.1. The lowest BCUT2D eigenvalue weighted by atomic mass is 9.87. The van der Waals surface area contributed by atoms with Crippen LogP contribution in [-0.4, -0.2) is 44.3 Å².